The number of carbonyl (C=O) groups excluding carboxylic acids is 2. The maximum absolute atomic E-state index is 12.0. The van der Waals surface area contributed by atoms with Gasteiger partial charge in [0.25, 0.3) is 0 Å². The van der Waals surface area contributed by atoms with Crippen LogP contribution in [0.3, 0.4) is 0 Å². The van der Waals surface area contributed by atoms with Crippen molar-refractivity contribution in [3.05, 3.63) is 59.8 Å². The third kappa shape index (κ3) is 4.43. The summed E-state index contributed by atoms with van der Waals surface area (Å²) in [6, 6.07) is 15.2. The molecule has 0 spiro atoms. The van der Waals surface area contributed by atoms with Gasteiger partial charge in [0.05, 0.1) is 28.7 Å². The van der Waals surface area contributed by atoms with Gasteiger partial charge in [0.1, 0.15) is 19.1 Å². The van der Waals surface area contributed by atoms with Crippen molar-refractivity contribution < 1.29 is 18.5 Å². The molecular weight excluding hydrogens is 390 g/mol. The lowest BCUT2D eigenvalue weighted by Gasteiger charge is -2.10. The number of fused-ring (bicyclic) bond motifs is 2. The summed E-state index contributed by atoms with van der Waals surface area (Å²) < 4.78 is 19.9. The highest BCUT2D eigenvalue weighted by Gasteiger charge is 2.19. The van der Waals surface area contributed by atoms with E-state index >= 15 is 0 Å². The van der Waals surface area contributed by atoms with Crippen molar-refractivity contribution in [2.75, 3.05) is 11.6 Å². The quantitative estimate of drug-likeness (QED) is 0.716. The molecule has 1 aliphatic rings. The van der Waals surface area contributed by atoms with Crippen molar-refractivity contribution in [2.24, 2.45) is 0 Å². The van der Waals surface area contributed by atoms with Gasteiger partial charge in [0.2, 0.25) is 5.91 Å². The summed E-state index contributed by atoms with van der Waals surface area (Å²) in [4.78, 5) is 20.0. The zero-order valence-electron chi connectivity index (χ0n) is 16.2. The highest BCUT2D eigenvalue weighted by molar-refractivity contribution is 7.84. The van der Waals surface area contributed by atoms with Gasteiger partial charge < -0.3 is 14.8 Å². The molecule has 1 amide bonds. The van der Waals surface area contributed by atoms with E-state index in [9.17, 15) is 9.00 Å². The lowest BCUT2D eigenvalue weighted by molar-refractivity contribution is -0.114. The fourth-order valence-electron chi connectivity index (χ4n) is 3.18. The Hall–Kier alpha value is -3.26. The van der Waals surface area contributed by atoms with E-state index in [0.717, 1.165) is 33.2 Å². The van der Waals surface area contributed by atoms with Crippen LogP contribution in [-0.2, 0) is 33.5 Å². The molecule has 0 saturated heterocycles. The van der Waals surface area contributed by atoms with Crippen LogP contribution in [-0.4, -0.2) is 32.9 Å². The van der Waals surface area contributed by atoms with Gasteiger partial charge >= 0.3 is 0 Å². The summed E-state index contributed by atoms with van der Waals surface area (Å²) in [6.07, 6.45) is 1.67. The molecule has 2 aromatic carbocycles. The maximum atomic E-state index is 12.0. The second-order valence-electron chi connectivity index (χ2n) is 6.42. The Bertz CT molecular complexity index is 1080. The molecule has 0 fully saturated rings. The summed E-state index contributed by atoms with van der Waals surface area (Å²) in [7, 11) is -1.09. The Labute approximate surface area is 171 Å². The molecule has 3 aromatic rings. The molecule has 1 aromatic heterocycles. The minimum Gasteiger partial charge on any atom is -0.487 e. The molecule has 8 heteroatoms. The summed E-state index contributed by atoms with van der Waals surface area (Å²) in [5.41, 5.74) is 4.31. The van der Waals surface area contributed by atoms with Crippen LogP contribution in [0.1, 0.15) is 18.2 Å². The molecule has 0 radical (unpaired) electrons. The fourth-order valence-corrected chi connectivity index (χ4v) is 3.94. The van der Waals surface area contributed by atoms with Gasteiger partial charge in [-0.1, -0.05) is 24.3 Å². The molecule has 7 nitrogen and oxygen atoms in total. The van der Waals surface area contributed by atoms with Gasteiger partial charge in [-0.3, -0.25) is 13.7 Å². The van der Waals surface area contributed by atoms with Crippen LogP contribution in [0.4, 0.5) is 5.69 Å². The Morgan fingerprint density at radius 3 is 2.69 bits per heavy atom. The summed E-state index contributed by atoms with van der Waals surface area (Å²) in [5, 5.41) is 7.49. The summed E-state index contributed by atoms with van der Waals surface area (Å²) >= 11 is 0. The van der Waals surface area contributed by atoms with Crippen molar-refractivity contribution in [1.29, 1.82) is 0 Å². The zero-order valence-corrected chi connectivity index (χ0v) is 17.0. The largest absolute Gasteiger partial charge is 0.487 e. The molecule has 2 heterocycles. The highest BCUT2D eigenvalue weighted by atomic mass is 32.2. The average molecular weight is 411 g/mol. The number of anilines is 1. The Morgan fingerprint density at radius 1 is 1.21 bits per heavy atom. The molecule has 4 rings (SSSR count). The molecule has 29 heavy (non-hydrogen) atoms. The van der Waals surface area contributed by atoms with Gasteiger partial charge in [-0.2, -0.15) is 5.10 Å². The van der Waals surface area contributed by atoms with Crippen LogP contribution in [0.5, 0.6) is 5.75 Å². The number of benzene rings is 2. The molecule has 0 saturated carbocycles. The van der Waals surface area contributed by atoms with E-state index in [1.54, 1.807) is 6.26 Å². The van der Waals surface area contributed by atoms with Crippen LogP contribution >= 0.6 is 0 Å². The highest BCUT2D eigenvalue weighted by Crippen LogP contribution is 2.31. The monoisotopic (exact) mass is 411 g/mol. The second-order valence-corrected chi connectivity index (χ2v) is 7.77. The molecule has 0 aliphatic carbocycles. The number of hydrogen-bond acceptors (Lipinski definition) is 5. The van der Waals surface area contributed by atoms with Crippen molar-refractivity contribution in [2.45, 2.75) is 25.0 Å². The normalized spacial score (nSPS) is 12.9. The van der Waals surface area contributed by atoms with E-state index in [4.69, 9.17) is 14.6 Å². The van der Waals surface area contributed by atoms with Crippen LogP contribution in [0, 0.1) is 0 Å². The number of ether oxygens (including phenoxy) is 1. The van der Waals surface area contributed by atoms with E-state index in [0.29, 0.717) is 18.8 Å². The summed E-state index contributed by atoms with van der Waals surface area (Å²) in [6.45, 7) is 4.42. The SMILES string of the molecule is C=O.CC(=O)Nc1ccc2c(c1)OCc1cc(-c3ccccc3S(C)=O)nn1C2. The molecule has 150 valence electrons. The first kappa shape index (κ1) is 20.5. The Kier molecular flexibility index (Phi) is 6.23. The predicted molar refractivity (Wildman–Crippen MR) is 111 cm³/mol. The Balaban J connectivity index is 0.00000117. The lowest BCUT2D eigenvalue weighted by Crippen LogP contribution is -2.06. The number of nitrogens with zero attached hydrogens (tertiary/aromatic N) is 2. The molecule has 1 aliphatic heterocycles. The molecule has 1 atom stereocenters. The first-order chi connectivity index (χ1) is 14.0. The minimum atomic E-state index is -1.09. The second kappa shape index (κ2) is 8.83. The molecule has 1 unspecified atom stereocenters. The number of amides is 1. The van der Waals surface area contributed by atoms with E-state index in [1.807, 2.05) is 60.0 Å². The topological polar surface area (TPSA) is 90.3 Å². The number of nitrogens with one attached hydrogen (secondary N) is 1. The van der Waals surface area contributed by atoms with Crippen molar-refractivity contribution in [1.82, 2.24) is 9.78 Å². The van der Waals surface area contributed by atoms with Crippen molar-refractivity contribution >= 4 is 29.2 Å². The van der Waals surface area contributed by atoms with Gasteiger partial charge in [-0.25, -0.2) is 0 Å². The van der Waals surface area contributed by atoms with Crippen LogP contribution in [0.2, 0.25) is 0 Å². The third-order valence-electron chi connectivity index (χ3n) is 4.42. The van der Waals surface area contributed by atoms with Crippen LogP contribution < -0.4 is 10.1 Å². The standard InChI is InChI=1S/C20H19N3O3S.CH2O/c1-13(24)21-15-8-7-14-11-23-16(12-26-19(14)9-15)10-18(22-23)17-5-3-4-6-20(17)27(2)25;1-2/h3-10H,11-12H2,1-2H3,(H,21,24);1H2. The third-order valence-corrected chi connectivity index (χ3v) is 5.39. The van der Waals surface area contributed by atoms with Crippen molar-refractivity contribution in [3.8, 4) is 17.0 Å². The fraction of sp³-hybridized carbons (Fsp3) is 0.190. The van der Waals surface area contributed by atoms with Crippen molar-refractivity contribution in [3.63, 3.8) is 0 Å². The van der Waals surface area contributed by atoms with E-state index < -0.39 is 10.8 Å². The molecular formula is C21H21N3O4S. The number of aromatic nitrogens is 2. The maximum Gasteiger partial charge on any atom is 0.221 e. The van der Waals surface area contributed by atoms with E-state index in [1.165, 1.54) is 6.92 Å². The average Bonchev–Trinajstić information content (AvgIpc) is 3.03. The predicted octanol–water partition coefficient (Wildman–Crippen LogP) is 3.00. The number of rotatable bonds is 3. The van der Waals surface area contributed by atoms with Crippen LogP contribution in [0.25, 0.3) is 11.3 Å². The first-order valence-corrected chi connectivity index (χ1v) is 10.4. The lowest BCUT2D eigenvalue weighted by atomic mass is 10.1. The first-order valence-electron chi connectivity index (χ1n) is 8.83. The summed E-state index contributed by atoms with van der Waals surface area (Å²) in [5.74, 6) is 0.622. The minimum absolute atomic E-state index is 0.117. The van der Waals surface area contributed by atoms with Gasteiger partial charge in [0.15, 0.2) is 0 Å². The Morgan fingerprint density at radius 2 is 1.97 bits per heavy atom. The molecule has 0 bridgehead atoms. The molecule has 1 N–H and O–H groups in total. The van der Waals surface area contributed by atoms with Gasteiger partial charge in [-0.05, 0) is 18.2 Å². The van der Waals surface area contributed by atoms with E-state index in [-0.39, 0.29) is 5.91 Å². The van der Waals surface area contributed by atoms with Gasteiger partial charge in [0, 0.05) is 41.0 Å². The van der Waals surface area contributed by atoms with Crippen LogP contribution in [0.15, 0.2) is 53.4 Å². The van der Waals surface area contributed by atoms with Gasteiger partial charge in [-0.15, -0.1) is 0 Å². The smallest absolute Gasteiger partial charge is 0.221 e. The number of hydrogen-bond donors (Lipinski definition) is 1. The van der Waals surface area contributed by atoms with E-state index in [2.05, 4.69) is 5.32 Å². The zero-order chi connectivity index (χ0) is 21.0. The number of carbonyl (C=O) groups is 2.